The normalized spacial score (nSPS) is 10.8. The quantitative estimate of drug-likeness (QED) is 0.408. The highest BCUT2D eigenvalue weighted by Crippen LogP contribution is 2.39. The summed E-state index contributed by atoms with van der Waals surface area (Å²) in [4.78, 5) is 17.9. The fourth-order valence-corrected chi connectivity index (χ4v) is 3.84. The summed E-state index contributed by atoms with van der Waals surface area (Å²) in [6, 6.07) is 16.9. The highest BCUT2D eigenvalue weighted by atomic mass is 16.5. The number of aromatic nitrogens is 1. The van der Waals surface area contributed by atoms with E-state index >= 15 is 0 Å². The Balaban J connectivity index is 1.82. The van der Waals surface area contributed by atoms with Crippen molar-refractivity contribution in [1.29, 1.82) is 0 Å². The molecular weight excluding hydrogens is 422 g/mol. The molecule has 0 saturated heterocycles. The highest BCUT2D eigenvalue weighted by molar-refractivity contribution is 6.10. The van der Waals surface area contributed by atoms with E-state index in [9.17, 15) is 15.0 Å². The fraction of sp³-hybridized carbons (Fsp3) is 0.154. The maximum absolute atomic E-state index is 13.3. The Bertz CT molecular complexity index is 1310. The smallest absolute Gasteiger partial charge is 0.211 e. The number of phenols is 1. The fourth-order valence-electron chi connectivity index (χ4n) is 3.84. The molecular formula is C26H23NO6. The molecule has 0 bridgehead atoms. The van der Waals surface area contributed by atoms with Crippen LogP contribution in [0.5, 0.6) is 23.0 Å². The predicted octanol–water partition coefficient (Wildman–Crippen LogP) is 4.36. The van der Waals surface area contributed by atoms with Gasteiger partial charge in [-0.3, -0.25) is 4.79 Å². The summed E-state index contributed by atoms with van der Waals surface area (Å²) >= 11 is 0. The lowest BCUT2D eigenvalue weighted by atomic mass is 9.94. The van der Waals surface area contributed by atoms with Crippen LogP contribution in [0.15, 0.2) is 60.7 Å². The summed E-state index contributed by atoms with van der Waals surface area (Å²) < 4.78 is 16.0. The molecule has 0 unspecified atom stereocenters. The van der Waals surface area contributed by atoms with Crippen LogP contribution >= 0.6 is 0 Å². The van der Waals surface area contributed by atoms with Gasteiger partial charge in [-0.05, 0) is 59.2 Å². The van der Waals surface area contributed by atoms with Gasteiger partial charge < -0.3 is 24.4 Å². The Hall–Kier alpha value is -4.10. The Labute approximate surface area is 190 Å². The molecule has 3 aromatic carbocycles. The van der Waals surface area contributed by atoms with E-state index in [1.54, 1.807) is 54.6 Å². The lowest BCUT2D eigenvalue weighted by molar-refractivity contribution is 0.103. The van der Waals surface area contributed by atoms with Crippen molar-refractivity contribution in [1.82, 2.24) is 4.98 Å². The van der Waals surface area contributed by atoms with Gasteiger partial charge >= 0.3 is 0 Å². The van der Waals surface area contributed by atoms with Crippen LogP contribution < -0.4 is 14.2 Å². The number of ether oxygens (including phenoxy) is 3. The van der Waals surface area contributed by atoms with Gasteiger partial charge in [-0.1, -0.05) is 18.2 Å². The number of nitrogens with zero attached hydrogens (tertiary/aromatic N) is 1. The molecule has 2 N–H and O–H groups in total. The molecule has 0 atom stereocenters. The lowest BCUT2D eigenvalue weighted by Crippen LogP contribution is -2.06. The topological polar surface area (TPSA) is 98.1 Å². The summed E-state index contributed by atoms with van der Waals surface area (Å²) in [6.07, 6.45) is 0. The number of hydrogen-bond acceptors (Lipinski definition) is 7. The van der Waals surface area contributed by atoms with Crippen LogP contribution in [-0.2, 0) is 6.61 Å². The van der Waals surface area contributed by atoms with Crippen molar-refractivity contribution in [3.8, 4) is 34.1 Å². The first kappa shape index (κ1) is 22.1. The number of carbonyl (C=O) groups excluding carboxylic acids is 1. The van der Waals surface area contributed by atoms with Crippen LogP contribution in [0.4, 0.5) is 0 Å². The summed E-state index contributed by atoms with van der Waals surface area (Å²) in [5.74, 6) is 1.01. The van der Waals surface area contributed by atoms with E-state index in [0.29, 0.717) is 28.3 Å². The lowest BCUT2D eigenvalue weighted by Gasteiger charge is -2.14. The Morgan fingerprint density at radius 2 is 1.55 bits per heavy atom. The number of carbonyl (C=O) groups is 1. The van der Waals surface area contributed by atoms with Gasteiger partial charge in [0, 0.05) is 10.9 Å². The molecule has 0 spiro atoms. The summed E-state index contributed by atoms with van der Waals surface area (Å²) in [5.41, 5.74) is 3.56. The van der Waals surface area contributed by atoms with E-state index in [2.05, 4.69) is 4.98 Å². The molecule has 7 heteroatoms. The average molecular weight is 445 g/mol. The van der Waals surface area contributed by atoms with E-state index in [1.807, 2.05) is 6.07 Å². The number of pyridine rings is 1. The van der Waals surface area contributed by atoms with Crippen LogP contribution in [0, 0.1) is 0 Å². The minimum atomic E-state index is -0.298. The molecule has 0 aliphatic carbocycles. The first-order chi connectivity index (χ1) is 16.0. The zero-order valence-corrected chi connectivity index (χ0v) is 18.5. The van der Waals surface area contributed by atoms with Crippen LogP contribution in [0.3, 0.4) is 0 Å². The van der Waals surface area contributed by atoms with Crippen molar-refractivity contribution < 1.29 is 29.2 Å². The predicted molar refractivity (Wildman–Crippen MR) is 124 cm³/mol. The van der Waals surface area contributed by atoms with Crippen molar-refractivity contribution in [2.75, 3.05) is 21.3 Å². The number of ketones is 1. The number of aromatic hydroxyl groups is 1. The molecule has 7 nitrogen and oxygen atoms in total. The molecule has 0 aliphatic heterocycles. The van der Waals surface area contributed by atoms with Crippen LogP contribution in [0.25, 0.3) is 22.0 Å². The number of fused-ring (bicyclic) bond motifs is 1. The highest BCUT2D eigenvalue weighted by Gasteiger charge is 2.20. The van der Waals surface area contributed by atoms with Crippen molar-refractivity contribution >= 4 is 16.7 Å². The zero-order chi connectivity index (χ0) is 23.5. The van der Waals surface area contributed by atoms with Crippen molar-refractivity contribution in [3.63, 3.8) is 0 Å². The third kappa shape index (κ3) is 4.06. The molecule has 4 aromatic rings. The molecule has 4 rings (SSSR count). The number of phenolic OH excluding ortho intramolecular Hbond substituents is 1. The van der Waals surface area contributed by atoms with Crippen LogP contribution in [0.2, 0.25) is 0 Å². The number of hydrogen-bond donors (Lipinski definition) is 2. The molecule has 33 heavy (non-hydrogen) atoms. The second kappa shape index (κ2) is 9.18. The van der Waals surface area contributed by atoms with Gasteiger partial charge in [0.2, 0.25) is 11.5 Å². The SMILES string of the molecule is COc1cc(C(=O)c2ccc3c(-c4ccc(O)cc4)c(CO)ccc3n2)cc(OC)c1OC. The van der Waals surface area contributed by atoms with Gasteiger partial charge in [-0.25, -0.2) is 4.98 Å². The molecule has 1 heterocycles. The number of benzene rings is 3. The van der Waals surface area contributed by atoms with E-state index in [-0.39, 0.29) is 23.8 Å². The average Bonchev–Trinajstić information content (AvgIpc) is 2.86. The first-order valence-corrected chi connectivity index (χ1v) is 10.2. The van der Waals surface area contributed by atoms with Crippen molar-refractivity contribution in [2.24, 2.45) is 0 Å². The van der Waals surface area contributed by atoms with Gasteiger partial charge in [0.05, 0.1) is 33.5 Å². The Morgan fingerprint density at radius 1 is 0.879 bits per heavy atom. The molecule has 0 radical (unpaired) electrons. The largest absolute Gasteiger partial charge is 0.508 e. The third-order valence-corrected chi connectivity index (χ3v) is 5.44. The second-order valence-electron chi connectivity index (χ2n) is 7.31. The molecule has 1 aromatic heterocycles. The van der Waals surface area contributed by atoms with Crippen LogP contribution in [0.1, 0.15) is 21.6 Å². The number of rotatable bonds is 7. The summed E-state index contributed by atoms with van der Waals surface area (Å²) in [6.45, 7) is -0.154. The standard InChI is InChI=1S/C26H23NO6/c1-31-22-12-17(13-23(32-2)26(22)33-3)25(30)21-11-9-19-20(27-21)10-6-16(14-28)24(19)15-4-7-18(29)8-5-15/h4-13,28-29H,14H2,1-3H3. The molecule has 0 amide bonds. The van der Waals surface area contributed by atoms with Crippen molar-refractivity contribution in [2.45, 2.75) is 6.61 Å². The zero-order valence-electron chi connectivity index (χ0n) is 18.5. The Morgan fingerprint density at radius 3 is 2.12 bits per heavy atom. The summed E-state index contributed by atoms with van der Waals surface area (Å²) in [5, 5.41) is 20.3. The minimum absolute atomic E-state index is 0.154. The van der Waals surface area contributed by atoms with Gasteiger partial charge in [0.1, 0.15) is 11.4 Å². The maximum atomic E-state index is 13.3. The van der Waals surface area contributed by atoms with Gasteiger partial charge in [-0.2, -0.15) is 0 Å². The third-order valence-electron chi connectivity index (χ3n) is 5.44. The van der Waals surface area contributed by atoms with E-state index in [1.165, 1.54) is 21.3 Å². The maximum Gasteiger partial charge on any atom is 0.211 e. The Kier molecular flexibility index (Phi) is 6.15. The molecule has 0 aliphatic rings. The second-order valence-corrected chi connectivity index (χ2v) is 7.31. The van der Waals surface area contributed by atoms with E-state index in [4.69, 9.17) is 14.2 Å². The molecule has 0 fully saturated rings. The number of methoxy groups -OCH3 is 3. The van der Waals surface area contributed by atoms with Crippen molar-refractivity contribution in [3.05, 3.63) is 77.5 Å². The number of aliphatic hydroxyl groups is 1. The van der Waals surface area contributed by atoms with Gasteiger partial charge in [-0.15, -0.1) is 0 Å². The first-order valence-electron chi connectivity index (χ1n) is 10.2. The number of aliphatic hydroxyl groups excluding tert-OH is 1. The molecule has 168 valence electrons. The molecule has 0 saturated carbocycles. The van der Waals surface area contributed by atoms with E-state index < -0.39 is 0 Å². The van der Waals surface area contributed by atoms with E-state index in [0.717, 1.165) is 22.1 Å². The summed E-state index contributed by atoms with van der Waals surface area (Å²) in [7, 11) is 4.48. The minimum Gasteiger partial charge on any atom is -0.508 e. The van der Waals surface area contributed by atoms with Gasteiger partial charge in [0.25, 0.3) is 0 Å². The monoisotopic (exact) mass is 445 g/mol. The van der Waals surface area contributed by atoms with Gasteiger partial charge in [0.15, 0.2) is 11.5 Å². The van der Waals surface area contributed by atoms with Crippen LogP contribution in [-0.4, -0.2) is 42.3 Å².